The van der Waals surface area contributed by atoms with Crippen LogP contribution in [0.25, 0.3) is 0 Å². The summed E-state index contributed by atoms with van der Waals surface area (Å²) in [6.07, 6.45) is 2.61. The Balaban J connectivity index is 1.66. The minimum Gasteiger partial charge on any atom is -0.353 e. The Hall–Kier alpha value is -0.710. The van der Waals surface area contributed by atoms with Crippen LogP contribution in [0.1, 0.15) is 26.2 Å². The molecule has 1 saturated heterocycles. The van der Waals surface area contributed by atoms with Gasteiger partial charge in [-0.05, 0) is 50.6 Å². The van der Waals surface area contributed by atoms with E-state index in [1.807, 2.05) is 24.3 Å². The number of thioether (sulfide) groups is 1. The molecular formula is C15H21ClN2OS. The third kappa shape index (κ3) is 5.35. The van der Waals surface area contributed by atoms with Gasteiger partial charge in [0.05, 0.1) is 0 Å². The van der Waals surface area contributed by atoms with Crippen LogP contribution >= 0.6 is 23.4 Å². The Morgan fingerprint density at radius 1 is 1.45 bits per heavy atom. The van der Waals surface area contributed by atoms with Crippen molar-refractivity contribution in [1.29, 1.82) is 0 Å². The van der Waals surface area contributed by atoms with Crippen LogP contribution in [0.4, 0.5) is 0 Å². The van der Waals surface area contributed by atoms with E-state index in [9.17, 15) is 4.79 Å². The molecule has 110 valence electrons. The third-order valence-electron chi connectivity index (χ3n) is 3.40. The number of amides is 1. The number of carbonyl (C=O) groups excluding carboxylic acids is 1. The first-order valence-corrected chi connectivity index (χ1v) is 8.41. The predicted octanol–water partition coefficient (Wildman–Crippen LogP) is 3.08. The van der Waals surface area contributed by atoms with Gasteiger partial charge in [0, 0.05) is 34.2 Å². The normalized spacial score (nSPS) is 22.5. The highest BCUT2D eigenvalue weighted by molar-refractivity contribution is 7.99. The molecule has 1 aliphatic heterocycles. The molecule has 0 radical (unpaired) electrons. The summed E-state index contributed by atoms with van der Waals surface area (Å²) in [6.45, 7) is 3.15. The van der Waals surface area contributed by atoms with E-state index in [1.54, 1.807) is 11.8 Å². The molecule has 1 aromatic rings. The minimum absolute atomic E-state index is 0.158. The van der Waals surface area contributed by atoms with Gasteiger partial charge < -0.3 is 10.6 Å². The van der Waals surface area contributed by atoms with Gasteiger partial charge in [-0.2, -0.15) is 0 Å². The quantitative estimate of drug-likeness (QED) is 0.821. The fourth-order valence-electron chi connectivity index (χ4n) is 2.36. The van der Waals surface area contributed by atoms with E-state index >= 15 is 0 Å². The van der Waals surface area contributed by atoms with E-state index in [4.69, 9.17) is 11.6 Å². The number of hydrogen-bond acceptors (Lipinski definition) is 3. The summed E-state index contributed by atoms with van der Waals surface area (Å²) in [7, 11) is 0. The molecule has 0 saturated carbocycles. The van der Waals surface area contributed by atoms with Gasteiger partial charge >= 0.3 is 0 Å². The lowest BCUT2D eigenvalue weighted by molar-refractivity contribution is -0.121. The lowest BCUT2D eigenvalue weighted by Gasteiger charge is -2.28. The summed E-state index contributed by atoms with van der Waals surface area (Å²) in [4.78, 5) is 13.0. The first-order valence-electron chi connectivity index (χ1n) is 7.04. The minimum atomic E-state index is 0.158. The highest BCUT2D eigenvalue weighted by Crippen LogP contribution is 2.21. The zero-order valence-corrected chi connectivity index (χ0v) is 13.3. The summed E-state index contributed by atoms with van der Waals surface area (Å²) < 4.78 is 0. The van der Waals surface area contributed by atoms with Crippen molar-refractivity contribution >= 4 is 29.3 Å². The third-order valence-corrected chi connectivity index (χ3v) is 4.67. The lowest BCUT2D eigenvalue weighted by Crippen LogP contribution is -2.46. The highest BCUT2D eigenvalue weighted by Gasteiger charge is 2.19. The van der Waals surface area contributed by atoms with Crippen molar-refractivity contribution < 1.29 is 4.79 Å². The average Bonchev–Trinajstić information content (AvgIpc) is 2.41. The van der Waals surface area contributed by atoms with Gasteiger partial charge in [0.2, 0.25) is 5.91 Å². The molecule has 1 amide bonds. The maximum absolute atomic E-state index is 11.9. The fourth-order valence-corrected chi connectivity index (χ4v) is 3.33. The number of rotatable bonds is 5. The molecule has 1 fully saturated rings. The van der Waals surface area contributed by atoms with Crippen molar-refractivity contribution in [2.24, 2.45) is 0 Å². The van der Waals surface area contributed by atoms with E-state index in [0.29, 0.717) is 18.5 Å². The van der Waals surface area contributed by atoms with Gasteiger partial charge in [0.25, 0.3) is 0 Å². The maximum Gasteiger partial charge on any atom is 0.221 e. The van der Waals surface area contributed by atoms with Gasteiger partial charge in [-0.1, -0.05) is 11.6 Å². The number of piperidine rings is 1. The molecule has 20 heavy (non-hydrogen) atoms. The Kier molecular flexibility index (Phi) is 6.20. The Labute approximate surface area is 129 Å². The topological polar surface area (TPSA) is 41.1 Å². The van der Waals surface area contributed by atoms with E-state index in [-0.39, 0.29) is 5.91 Å². The van der Waals surface area contributed by atoms with Gasteiger partial charge in [-0.3, -0.25) is 4.79 Å². The van der Waals surface area contributed by atoms with Crippen LogP contribution in [0.2, 0.25) is 5.02 Å². The van der Waals surface area contributed by atoms with Gasteiger partial charge in [0.15, 0.2) is 0 Å². The van der Waals surface area contributed by atoms with Crippen LogP contribution in [-0.2, 0) is 4.79 Å². The zero-order chi connectivity index (χ0) is 14.4. The summed E-state index contributed by atoms with van der Waals surface area (Å²) >= 11 is 7.53. The molecule has 2 N–H and O–H groups in total. The largest absolute Gasteiger partial charge is 0.353 e. The molecule has 0 aromatic heterocycles. The standard InChI is InChI=1S/C15H21ClN2OS/c1-11-10-13(6-8-17-11)18-15(19)7-9-20-14-4-2-12(16)3-5-14/h2-5,11,13,17H,6-10H2,1H3,(H,18,19). The molecule has 2 rings (SSSR count). The van der Waals surface area contributed by atoms with E-state index in [2.05, 4.69) is 17.6 Å². The van der Waals surface area contributed by atoms with E-state index in [0.717, 1.165) is 35.1 Å². The second kappa shape index (κ2) is 7.91. The molecular weight excluding hydrogens is 292 g/mol. The Morgan fingerprint density at radius 3 is 2.90 bits per heavy atom. The monoisotopic (exact) mass is 312 g/mol. The van der Waals surface area contributed by atoms with Crippen LogP contribution in [-0.4, -0.2) is 30.3 Å². The summed E-state index contributed by atoms with van der Waals surface area (Å²) in [5.74, 6) is 0.958. The molecule has 1 aromatic carbocycles. The number of halogens is 1. The molecule has 0 aliphatic carbocycles. The maximum atomic E-state index is 11.9. The molecule has 3 nitrogen and oxygen atoms in total. The second-order valence-electron chi connectivity index (χ2n) is 5.20. The molecule has 1 heterocycles. The average molecular weight is 313 g/mol. The number of hydrogen-bond donors (Lipinski definition) is 2. The second-order valence-corrected chi connectivity index (χ2v) is 6.80. The predicted molar refractivity (Wildman–Crippen MR) is 85.4 cm³/mol. The number of carbonyl (C=O) groups is 1. The Bertz CT molecular complexity index is 438. The molecule has 2 unspecified atom stereocenters. The molecule has 0 bridgehead atoms. The molecule has 0 spiro atoms. The molecule has 5 heteroatoms. The zero-order valence-electron chi connectivity index (χ0n) is 11.7. The SMILES string of the molecule is CC1CC(NC(=O)CCSc2ccc(Cl)cc2)CCN1. The van der Waals surface area contributed by atoms with E-state index < -0.39 is 0 Å². The van der Waals surface area contributed by atoms with Crippen molar-refractivity contribution in [3.63, 3.8) is 0 Å². The van der Waals surface area contributed by atoms with Crippen LogP contribution in [0, 0.1) is 0 Å². The van der Waals surface area contributed by atoms with Crippen molar-refractivity contribution in [2.45, 2.75) is 43.2 Å². The first-order chi connectivity index (χ1) is 9.63. The first kappa shape index (κ1) is 15.7. The van der Waals surface area contributed by atoms with Crippen LogP contribution in [0.15, 0.2) is 29.2 Å². The van der Waals surface area contributed by atoms with Crippen molar-refractivity contribution in [3.8, 4) is 0 Å². The van der Waals surface area contributed by atoms with E-state index in [1.165, 1.54) is 0 Å². The molecule has 1 aliphatic rings. The lowest BCUT2D eigenvalue weighted by atomic mass is 10.0. The summed E-state index contributed by atoms with van der Waals surface area (Å²) in [5, 5.41) is 7.26. The Morgan fingerprint density at radius 2 is 2.20 bits per heavy atom. The van der Waals surface area contributed by atoms with Crippen LogP contribution in [0.5, 0.6) is 0 Å². The van der Waals surface area contributed by atoms with Gasteiger partial charge in [-0.15, -0.1) is 11.8 Å². The highest BCUT2D eigenvalue weighted by atomic mass is 35.5. The van der Waals surface area contributed by atoms with Crippen LogP contribution in [0.3, 0.4) is 0 Å². The van der Waals surface area contributed by atoms with Crippen LogP contribution < -0.4 is 10.6 Å². The van der Waals surface area contributed by atoms with Gasteiger partial charge in [-0.25, -0.2) is 0 Å². The van der Waals surface area contributed by atoms with Crippen molar-refractivity contribution in [3.05, 3.63) is 29.3 Å². The van der Waals surface area contributed by atoms with Crippen molar-refractivity contribution in [1.82, 2.24) is 10.6 Å². The number of nitrogens with one attached hydrogen (secondary N) is 2. The smallest absolute Gasteiger partial charge is 0.221 e. The van der Waals surface area contributed by atoms with Gasteiger partial charge in [0.1, 0.15) is 0 Å². The fraction of sp³-hybridized carbons (Fsp3) is 0.533. The number of benzene rings is 1. The molecule has 2 atom stereocenters. The summed E-state index contributed by atoms with van der Waals surface area (Å²) in [6, 6.07) is 8.55. The van der Waals surface area contributed by atoms with Crippen molar-refractivity contribution in [2.75, 3.05) is 12.3 Å². The summed E-state index contributed by atoms with van der Waals surface area (Å²) in [5.41, 5.74) is 0.